The van der Waals surface area contributed by atoms with Crippen molar-refractivity contribution < 1.29 is 0 Å². The predicted octanol–water partition coefficient (Wildman–Crippen LogP) is 1.75. The summed E-state index contributed by atoms with van der Waals surface area (Å²) < 4.78 is 2.02. The highest BCUT2D eigenvalue weighted by atomic mass is 16.1. The topological polar surface area (TPSA) is 37.3 Å². The van der Waals surface area contributed by atoms with Crippen molar-refractivity contribution in [2.45, 2.75) is 53.2 Å². The van der Waals surface area contributed by atoms with Gasteiger partial charge in [0.2, 0.25) is 0 Å². The van der Waals surface area contributed by atoms with E-state index in [1.165, 1.54) is 11.3 Å². The molecule has 0 spiro atoms. The molecule has 0 saturated heterocycles. The summed E-state index contributed by atoms with van der Waals surface area (Å²) in [5, 5.41) is 3.28. The van der Waals surface area contributed by atoms with Crippen LogP contribution in [0.4, 0.5) is 0 Å². The quantitative estimate of drug-likeness (QED) is 0.861. The predicted molar refractivity (Wildman–Crippen MR) is 83.0 cm³/mol. The Bertz CT molecular complexity index is 507. The van der Waals surface area contributed by atoms with Crippen LogP contribution in [-0.2, 0) is 26.1 Å². The van der Waals surface area contributed by atoms with E-state index in [1.807, 2.05) is 4.57 Å². The van der Waals surface area contributed by atoms with Gasteiger partial charge in [0, 0.05) is 43.9 Å². The van der Waals surface area contributed by atoms with Crippen molar-refractivity contribution in [1.29, 1.82) is 0 Å². The lowest BCUT2D eigenvalue weighted by molar-refractivity contribution is 0.261. The van der Waals surface area contributed by atoms with Crippen LogP contribution in [0.5, 0.6) is 0 Å². The molecule has 0 aliphatic carbocycles. The number of hydrogen-bond acceptors (Lipinski definition) is 3. The molecule has 1 aliphatic rings. The van der Waals surface area contributed by atoms with E-state index in [1.54, 1.807) is 0 Å². The maximum atomic E-state index is 12.6. The molecule has 20 heavy (non-hydrogen) atoms. The van der Waals surface area contributed by atoms with Crippen LogP contribution in [-0.4, -0.2) is 29.1 Å². The first-order valence-electron chi connectivity index (χ1n) is 7.88. The lowest BCUT2D eigenvalue weighted by atomic mass is 10.0. The fourth-order valence-electron chi connectivity index (χ4n) is 2.96. The van der Waals surface area contributed by atoms with E-state index in [0.717, 1.165) is 51.1 Å². The van der Waals surface area contributed by atoms with Gasteiger partial charge in [-0.3, -0.25) is 9.69 Å². The maximum Gasteiger partial charge on any atom is 0.255 e. The monoisotopic (exact) mass is 277 g/mol. The summed E-state index contributed by atoms with van der Waals surface area (Å²) in [6.45, 7) is 11.9. The van der Waals surface area contributed by atoms with Crippen molar-refractivity contribution in [3.63, 3.8) is 0 Å². The van der Waals surface area contributed by atoms with E-state index in [9.17, 15) is 4.79 Å². The van der Waals surface area contributed by atoms with Gasteiger partial charge in [-0.2, -0.15) is 0 Å². The Kier molecular flexibility index (Phi) is 5.38. The van der Waals surface area contributed by atoms with Crippen molar-refractivity contribution in [1.82, 2.24) is 14.8 Å². The standard InChI is InChI=1S/C16H27N3O/c1-4-8-19-15-7-9-18(6-3)12-14(15)10-13(16(19)20)11-17-5-2/h10,17H,4-9,11-12H2,1-3H3. The summed E-state index contributed by atoms with van der Waals surface area (Å²) in [6.07, 6.45) is 2.01. The lowest BCUT2D eigenvalue weighted by Gasteiger charge is -2.30. The fourth-order valence-corrected chi connectivity index (χ4v) is 2.96. The van der Waals surface area contributed by atoms with Gasteiger partial charge >= 0.3 is 0 Å². The lowest BCUT2D eigenvalue weighted by Crippen LogP contribution is -2.37. The van der Waals surface area contributed by atoms with E-state index < -0.39 is 0 Å². The molecule has 1 N–H and O–H groups in total. The van der Waals surface area contributed by atoms with Crippen LogP contribution in [0.1, 0.15) is 44.0 Å². The van der Waals surface area contributed by atoms with Gasteiger partial charge in [-0.25, -0.2) is 0 Å². The second kappa shape index (κ2) is 7.04. The summed E-state index contributed by atoms with van der Waals surface area (Å²) in [5.41, 5.74) is 3.73. The number of aromatic nitrogens is 1. The molecule has 2 heterocycles. The van der Waals surface area contributed by atoms with Crippen molar-refractivity contribution in [2.24, 2.45) is 0 Å². The molecule has 0 unspecified atom stereocenters. The largest absolute Gasteiger partial charge is 0.313 e. The van der Waals surface area contributed by atoms with Gasteiger partial charge in [0.1, 0.15) is 0 Å². The molecule has 0 amide bonds. The molecule has 1 aromatic heterocycles. The van der Waals surface area contributed by atoms with Gasteiger partial charge in [-0.1, -0.05) is 20.8 Å². The molecule has 112 valence electrons. The SMILES string of the molecule is CCCn1c2c(cc(CNCC)c1=O)CN(CC)CC2. The van der Waals surface area contributed by atoms with E-state index in [0.29, 0.717) is 6.54 Å². The number of hydrogen-bond donors (Lipinski definition) is 1. The third kappa shape index (κ3) is 3.13. The molecule has 0 bridgehead atoms. The number of rotatable bonds is 6. The van der Waals surface area contributed by atoms with E-state index in [4.69, 9.17) is 0 Å². The van der Waals surface area contributed by atoms with E-state index >= 15 is 0 Å². The van der Waals surface area contributed by atoms with Gasteiger partial charge in [-0.05, 0) is 31.1 Å². The number of nitrogens with zero attached hydrogens (tertiary/aromatic N) is 2. The first kappa shape index (κ1) is 15.3. The Morgan fingerprint density at radius 3 is 2.75 bits per heavy atom. The maximum absolute atomic E-state index is 12.6. The molecule has 1 aliphatic heterocycles. The summed E-state index contributed by atoms with van der Waals surface area (Å²) >= 11 is 0. The van der Waals surface area contributed by atoms with Crippen LogP contribution in [0.3, 0.4) is 0 Å². The van der Waals surface area contributed by atoms with Crippen molar-refractivity contribution in [3.05, 3.63) is 33.2 Å². The van der Waals surface area contributed by atoms with Crippen LogP contribution in [0.2, 0.25) is 0 Å². The average Bonchev–Trinajstić information content (AvgIpc) is 2.48. The number of nitrogens with one attached hydrogen (secondary N) is 1. The second-order valence-electron chi connectivity index (χ2n) is 5.50. The third-order valence-electron chi connectivity index (χ3n) is 4.08. The highest BCUT2D eigenvalue weighted by Crippen LogP contribution is 2.19. The van der Waals surface area contributed by atoms with Gasteiger partial charge in [-0.15, -0.1) is 0 Å². The second-order valence-corrected chi connectivity index (χ2v) is 5.50. The number of fused-ring (bicyclic) bond motifs is 1. The molecule has 0 aromatic carbocycles. The molecule has 0 radical (unpaired) electrons. The van der Waals surface area contributed by atoms with Crippen molar-refractivity contribution in [3.8, 4) is 0 Å². The zero-order valence-corrected chi connectivity index (χ0v) is 13.0. The van der Waals surface area contributed by atoms with E-state index in [-0.39, 0.29) is 5.56 Å². The Morgan fingerprint density at radius 2 is 2.10 bits per heavy atom. The molecule has 4 nitrogen and oxygen atoms in total. The number of likely N-dealkylation sites (N-methyl/N-ethyl adjacent to an activating group) is 1. The molecule has 4 heteroatoms. The Balaban J connectivity index is 2.41. The molecule has 0 saturated carbocycles. The molecular weight excluding hydrogens is 250 g/mol. The van der Waals surface area contributed by atoms with Gasteiger partial charge < -0.3 is 9.88 Å². The summed E-state index contributed by atoms with van der Waals surface area (Å²) in [4.78, 5) is 15.0. The molecule has 2 rings (SSSR count). The average molecular weight is 277 g/mol. The highest BCUT2D eigenvalue weighted by molar-refractivity contribution is 5.29. The van der Waals surface area contributed by atoms with Crippen LogP contribution < -0.4 is 10.9 Å². The Morgan fingerprint density at radius 1 is 1.30 bits per heavy atom. The minimum absolute atomic E-state index is 0.205. The van der Waals surface area contributed by atoms with Crippen LogP contribution in [0, 0.1) is 0 Å². The number of pyridine rings is 1. The van der Waals surface area contributed by atoms with Crippen molar-refractivity contribution in [2.75, 3.05) is 19.6 Å². The third-order valence-corrected chi connectivity index (χ3v) is 4.08. The minimum atomic E-state index is 0.205. The fraction of sp³-hybridized carbons (Fsp3) is 0.688. The first-order valence-corrected chi connectivity index (χ1v) is 7.88. The summed E-state index contributed by atoms with van der Waals surface area (Å²) in [5.74, 6) is 0. The normalized spacial score (nSPS) is 15.3. The summed E-state index contributed by atoms with van der Waals surface area (Å²) in [6, 6.07) is 2.13. The molecule has 0 fully saturated rings. The smallest absolute Gasteiger partial charge is 0.255 e. The zero-order chi connectivity index (χ0) is 14.5. The van der Waals surface area contributed by atoms with Crippen LogP contribution >= 0.6 is 0 Å². The highest BCUT2D eigenvalue weighted by Gasteiger charge is 2.20. The first-order chi connectivity index (χ1) is 9.71. The van der Waals surface area contributed by atoms with Gasteiger partial charge in [0.15, 0.2) is 0 Å². The van der Waals surface area contributed by atoms with Crippen LogP contribution in [0.25, 0.3) is 0 Å². The minimum Gasteiger partial charge on any atom is -0.313 e. The molecule has 0 atom stereocenters. The molecular formula is C16H27N3O. The van der Waals surface area contributed by atoms with Crippen LogP contribution in [0.15, 0.2) is 10.9 Å². The zero-order valence-electron chi connectivity index (χ0n) is 13.0. The Labute approximate surface area is 121 Å². The van der Waals surface area contributed by atoms with Gasteiger partial charge in [0.25, 0.3) is 5.56 Å². The molecule has 1 aromatic rings. The van der Waals surface area contributed by atoms with E-state index in [2.05, 4.69) is 37.1 Å². The van der Waals surface area contributed by atoms with Gasteiger partial charge in [0.05, 0.1) is 0 Å². The van der Waals surface area contributed by atoms with Crippen molar-refractivity contribution >= 4 is 0 Å². The Hall–Kier alpha value is -1.13. The summed E-state index contributed by atoms with van der Waals surface area (Å²) in [7, 11) is 0.